The fraction of sp³-hybridized carbons (Fsp3) is 0.211. The molecule has 1 N–H and O–H groups in total. The largest absolute Gasteiger partial charge is 0.493 e. The second-order valence-electron chi connectivity index (χ2n) is 5.70. The number of methoxy groups -OCH3 is 2. The zero-order chi connectivity index (χ0) is 20.1. The molecule has 0 saturated heterocycles. The van der Waals surface area contributed by atoms with E-state index in [-0.39, 0.29) is 16.9 Å². The lowest BCUT2D eigenvalue weighted by Gasteiger charge is -2.09. The summed E-state index contributed by atoms with van der Waals surface area (Å²) in [4.78, 5) is 12.3. The lowest BCUT2D eigenvalue weighted by Crippen LogP contribution is -2.22. The summed E-state index contributed by atoms with van der Waals surface area (Å²) < 4.78 is 29.1. The highest BCUT2D eigenvalue weighted by atomic mass is 32.2. The van der Waals surface area contributed by atoms with Crippen LogP contribution in [0.15, 0.2) is 52.1 Å². The van der Waals surface area contributed by atoms with Gasteiger partial charge in [0.1, 0.15) is 5.82 Å². The molecule has 0 aliphatic heterocycles. The maximum Gasteiger partial charge on any atom is 0.277 e. The van der Waals surface area contributed by atoms with Gasteiger partial charge in [-0.15, -0.1) is 10.2 Å². The van der Waals surface area contributed by atoms with E-state index in [0.29, 0.717) is 28.6 Å². The molecule has 3 rings (SSSR count). The molecule has 0 bridgehead atoms. The Balaban J connectivity index is 1.66. The summed E-state index contributed by atoms with van der Waals surface area (Å²) in [6, 6.07) is 10.8. The standard InChI is InChI=1S/C19H18FN3O4S/c1-11(17(24)21-14-7-5-13(20)6-8-14)28-19-23-22-18(27-19)12-4-9-15(25-2)16(10-12)26-3/h4-11H,1-3H3,(H,21,24)/t11-/m0/s1. The van der Waals surface area contributed by atoms with Crippen molar-refractivity contribution >= 4 is 23.4 Å². The van der Waals surface area contributed by atoms with Crippen LogP contribution in [-0.2, 0) is 4.79 Å². The van der Waals surface area contributed by atoms with Gasteiger partial charge in [0, 0.05) is 11.3 Å². The van der Waals surface area contributed by atoms with Gasteiger partial charge in [0.25, 0.3) is 5.22 Å². The molecule has 1 amide bonds. The second-order valence-corrected chi connectivity index (χ2v) is 6.99. The van der Waals surface area contributed by atoms with Crippen molar-refractivity contribution in [2.24, 2.45) is 0 Å². The molecule has 0 fully saturated rings. The first-order chi connectivity index (χ1) is 13.5. The monoisotopic (exact) mass is 403 g/mol. The predicted octanol–water partition coefficient (Wildman–Crippen LogP) is 4.01. The molecular formula is C19H18FN3O4S. The van der Waals surface area contributed by atoms with Gasteiger partial charge in [-0.1, -0.05) is 11.8 Å². The number of nitrogens with one attached hydrogen (secondary N) is 1. The molecule has 1 aromatic heterocycles. The van der Waals surface area contributed by atoms with Crippen LogP contribution in [0.2, 0.25) is 0 Å². The number of halogens is 1. The highest BCUT2D eigenvalue weighted by Gasteiger charge is 2.19. The van der Waals surface area contributed by atoms with E-state index in [2.05, 4.69) is 15.5 Å². The van der Waals surface area contributed by atoms with Crippen molar-refractivity contribution in [1.29, 1.82) is 0 Å². The number of carbonyl (C=O) groups excluding carboxylic acids is 1. The number of amides is 1. The molecule has 146 valence electrons. The van der Waals surface area contributed by atoms with Crippen LogP contribution in [0.3, 0.4) is 0 Å². The van der Waals surface area contributed by atoms with E-state index >= 15 is 0 Å². The first-order valence-corrected chi connectivity index (χ1v) is 9.17. The van der Waals surface area contributed by atoms with Crippen molar-refractivity contribution in [3.05, 3.63) is 48.3 Å². The number of aromatic nitrogens is 2. The Labute approximate surface area is 165 Å². The SMILES string of the molecule is COc1ccc(-c2nnc(S[C@@H](C)C(=O)Nc3ccc(F)cc3)o2)cc1OC. The van der Waals surface area contributed by atoms with Crippen LogP contribution in [0.25, 0.3) is 11.5 Å². The van der Waals surface area contributed by atoms with Crippen molar-refractivity contribution in [3.63, 3.8) is 0 Å². The van der Waals surface area contributed by atoms with Gasteiger partial charge in [0.15, 0.2) is 11.5 Å². The minimum absolute atomic E-state index is 0.256. The molecule has 1 heterocycles. The van der Waals surface area contributed by atoms with E-state index in [1.54, 1.807) is 32.2 Å². The number of benzene rings is 2. The van der Waals surface area contributed by atoms with Crippen LogP contribution in [0, 0.1) is 5.82 Å². The number of hydrogen-bond acceptors (Lipinski definition) is 7. The molecule has 7 nitrogen and oxygen atoms in total. The molecule has 0 unspecified atom stereocenters. The van der Waals surface area contributed by atoms with E-state index in [1.165, 1.54) is 31.4 Å². The van der Waals surface area contributed by atoms with Crippen molar-refractivity contribution < 1.29 is 23.1 Å². The fourth-order valence-corrected chi connectivity index (χ4v) is 3.01. The fourth-order valence-electron chi connectivity index (χ4n) is 2.33. The van der Waals surface area contributed by atoms with Crippen molar-refractivity contribution in [1.82, 2.24) is 10.2 Å². The normalized spacial score (nSPS) is 11.7. The lowest BCUT2D eigenvalue weighted by atomic mass is 10.2. The Morgan fingerprint density at radius 1 is 1.11 bits per heavy atom. The van der Waals surface area contributed by atoms with Gasteiger partial charge in [0.2, 0.25) is 11.8 Å². The van der Waals surface area contributed by atoms with E-state index in [4.69, 9.17) is 13.9 Å². The van der Waals surface area contributed by atoms with Crippen LogP contribution >= 0.6 is 11.8 Å². The van der Waals surface area contributed by atoms with Crippen LogP contribution in [-0.4, -0.2) is 35.6 Å². The van der Waals surface area contributed by atoms with Crippen LogP contribution < -0.4 is 14.8 Å². The first kappa shape index (κ1) is 19.7. The third kappa shape index (κ3) is 4.61. The number of nitrogens with zero attached hydrogens (tertiary/aromatic N) is 2. The minimum Gasteiger partial charge on any atom is -0.493 e. The number of carbonyl (C=O) groups is 1. The molecule has 28 heavy (non-hydrogen) atoms. The Bertz CT molecular complexity index is 962. The van der Waals surface area contributed by atoms with E-state index in [0.717, 1.165) is 11.8 Å². The van der Waals surface area contributed by atoms with Gasteiger partial charge < -0.3 is 19.2 Å². The van der Waals surface area contributed by atoms with Crippen LogP contribution in [0.5, 0.6) is 11.5 Å². The van der Waals surface area contributed by atoms with Gasteiger partial charge in [0.05, 0.1) is 19.5 Å². The smallest absolute Gasteiger partial charge is 0.277 e. The summed E-state index contributed by atoms with van der Waals surface area (Å²) in [5, 5.41) is 10.5. The summed E-state index contributed by atoms with van der Waals surface area (Å²) in [6.45, 7) is 1.71. The summed E-state index contributed by atoms with van der Waals surface area (Å²) in [7, 11) is 3.09. The van der Waals surface area contributed by atoms with Crippen molar-refractivity contribution in [2.75, 3.05) is 19.5 Å². The number of rotatable bonds is 7. The third-order valence-electron chi connectivity index (χ3n) is 3.80. The Kier molecular flexibility index (Phi) is 6.15. The molecule has 3 aromatic rings. The zero-order valence-electron chi connectivity index (χ0n) is 15.4. The molecule has 9 heteroatoms. The maximum absolute atomic E-state index is 12.9. The topological polar surface area (TPSA) is 86.5 Å². The maximum atomic E-state index is 12.9. The van der Waals surface area contributed by atoms with Crippen LogP contribution in [0.4, 0.5) is 10.1 Å². The number of hydrogen-bond donors (Lipinski definition) is 1. The summed E-state index contributed by atoms with van der Waals surface area (Å²) in [6.07, 6.45) is 0. The lowest BCUT2D eigenvalue weighted by molar-refractivity contribution is -0.115. The van der Waals surface area contributed by atoms with Crippen molar-refractivity contribution in [2.45, 2.75) is 17.4 Å². The number of ether oxygens (including phenoxy) is 2. The zero-order valence-corrected chi connectivity index (χ0v) is 16.2. The highest BCUT2D eigenvalue weighted by Crippen LogP contribution is 2.33. The van der Waals surface area contributed by atoms with Gasteiger partial charge in [-0.05, 0) is 49.4 Å². The molecule has 0 aliphatic rings. The average molecular weight is 403 g/mol. The van der Waals surface area contributed by atoms with Gasteiger partial charge in [-0.25, -0.2) is 4.39 Å². The molecule has 1 atom stereocenters. The van der Waals surface area contributed by atoms with Gasteiger partial charge in [-0.3, -0.25) is 4.79 Å². The third-order valence-corrected chi connectivity index (χ3v) is 4.73. The van der Waals surface area contributed by atoms with Gasteiger partial charge >= 0.3 is 0 Å². The average Bonchev–Trinajstić information content (AvgIpc) is 3.17. The Morgan fingerprint density at radius 2 is 1.82 bits per heavy atom. The molecule has 0 spiro atoms. The molecule has 0 aliphatic carbocycles. The van der Waals surface area contributed by atoms with Crippen LogP contribution in [0.1, 0.15) is 6.92 Å². The van der Waals surface area contributed by atoms with Crippen molar-refractivity contribution in [3.8, 4) is 23.0 Å². The van der Waals surface area contributed by atoms with E-state index in [9.17, 15) is 9.18 Å². The van der Waals surface area contributed by atoms with Gasteiger partial charge in [-0.2, -0.15) is 0 Å². The Hall–Kier alpha value is -3.07. The number of anilines is 1. The van der Waals surface area contributed by atoms with E-state index < -0.39 is 5.25 Å². The highest BCUT2D eigenvalue weighted by molar-refractivity contribution is 8.00. The van der Waals surface area contributed by atoms with E-state index in [1.807, 2.05) is 0 Å². The summed E-state index contributed by atoms with van der Waals surface area (Å²) in [5.74, 6) is 0.803. The quantitative estimate of drug-likeness (QED) is 0.597. The minimum atomic E-state index is -0.497. The predicted molar refractivity (Wildman–Crippen MR) is 103 cm³/mol. The summed E-state index contributed by atoms with van der Waals surface area (Å²) >= 11 is 1.12. The Morgan fingerprint density at radius 3 is 2.50 bits per heavy atom. The second kappa shape index (κ2) is 8.75. The summed E-state index contributed by atoms with van der Waals surface area (Å²) in [5.41, 5.74) is 1.18. The molecular weight excluding hydrogens is 385 g/mol. The number of thioether (sulfide) groups is 1. The molecule has 0 radical (unpaired) electrons. The molecule has 0 saturated carbocycles. The molecule has 2 aromatic carbocycles. The first-order valence-electron chi connectivity index (χ1n) is 8.29.